The van der Waals surface area contributed by atoms with Crippen LogP contribution in [0.1, 0.15) is 13.8 Å². The van der Waals surface area contributed by atoms with Crippen molar-refractivity contribution >= 4 is 0 Å². The third kappa shape index (κ3) is 1.50. The highest BCUT2D eigenvalue weighted by molar-refractivity contribution is 4.80. The highest BCUT2D eigenvalue weighted by Gasteiger charge is 2.26. The monoisotopic (exact) mass is 143 g/mol. The molecule has 0 unspecified atom stereocenters. The van der Waals surface area contributed by atoms with Gasteiger partial charge in [0.25, 0.3) is 0 Å². The van der Waals surface area contributed by atoms with Gasteiger partial charge in [0.15, 0.2) is 0 Å². The van der Waals surface area contributed by atoms with Gasteiger partial charge in [-0.1, -0.05) is 13.8 Å². The zero-order chi connectivity index (χ0) is 7.56. The van der Waals surface area contributed by atoms with Gasteiger partial charge in [0, 0.05) is 6.04 Å². The van der Waals surface area contributed by atoms with Gasteiger partial charge in [-0.25, -0.2) is 0 Å². The van der Waals surface area contributed by atoms with Gasteiger partial charge < -0.3 is 10.1 Å². The summed E-state index contributed by atoms with van der Waals surface area (Å²) < 4.78 is 5.39. The molecule has 1 rings (SSSR count). The van der Waals surface area contributed by atoms with Gasteiger partial charge in [0.1, 0.15) is 0 Å². The van der Waals surface area contributed by atoms with E-state index in [4.69, 9.17) is 4.74 Å². The standard InChI is InChI=1S/C8H17NO/c1-6-4-10-5-7(2)8(6)9-3/h6-9H,4-5H2,1-3H3/t6-,7-/m0/s1. The minimum Gasteiger partial charge on any atom is -0.381 e. The van der Waals surface area contributed by atoms with E-state index in [9.17, 15) is 0 Å². The van der Waals surface area contributed by atoms with Crippen LogP contribution >= 0.6 is 0 Å². The van der Waals surface area contributed by atoms with Crippen LogP contribution in [-0.4, -0.2) is 26.3 Å². The molecule has 0 aromatic rings. The molecule has 0 bridgehead atoms. The first-order chi connectivity index (χ1) is 4.75. The summed E-state index contributed by atoms with van der Waals surface area (Å²) >= 11 is 0. The number of rotatable bonds is 1. The normalized spacial score (nSPS) is 36.3. The van der Waals surface area contributed by atoms with Crippen molar-refractivity contribution in [2.45, 2.75) is 19.9 Å². The van der Waals surface area contributed by atoms with E-state index in [1.165, 1.54) is 0 Å². The first kappa shape index (κ1) is 8.02. The summed E-state index contributed by atoms with van der Waals surface area (Å²) in [7, 11) is 2.03. The van der Waals surface area contributed by atoms with Crippen molar-refractivity contribution in [2.24, 2.45) is 11.8 Å². The molecule has 1 N–H and O–H groups in total. The van der Waals surface area contributed by atoms with Crippen molar-refractivity contribution in [3.8, 4) is 0 Å². The highest BCUT2D eigenvalue weighted by atomic mass is 16.5. The SMILES string of the molecule is CNC1[C@@H](C)COC[C@@H]1C. The molecule has 1 aliphatic rings. The number of nitrogens with one attached hydrogen (secondary N) is 1. The molecule has 10 heavy (non-hydrogen) atoms. The number of hydrogen-bond acceptors (Lipinski definition) is 2. The van der Waals surface area contributed by atoms with Crippen molar-refractivity contribution in [1.29, 1.82) is 0 Å². The Kier molecular flexibility index (Phi) is 2.69. The summed E-state index contributed by atoms with van der Waals surface area (Å²) in [5.41, 5.74) is 0. The van der Waals surface area contributed by atoms with Crippen molar-refractivity contribution < 1.29 is 4.74 Å². The summed E-state index contributed by atoms with van der Waals surface area (Å²) in [6.07, 6.45) is 0. The maximum atomic E-state index is 5.39. The van der Waals surface area contributed by atoms with Crippen LogP contribution in [0.4, 0.5) is 0 Å². The Morgan fingerprint density at radius 2 is 1.70 bits per heavy atom. The predicted molar refractivity (Wildman–Crippen MR) is 42.0 cm³/mol. The topological polar surface area (TPSA) is 21.3 Å². The van der Waals surface area contributed by atoms with Gasteiger partial charge in [-0.05, 0) is 18.9 Å². The van der Waals surface area contributed by atoms with Gasteiger partial charge >= 0.3 is 0 Å². The van der Waals surface area contributed by atoms with Crippen molar-refractivity contribution in [2.75, 3.05) is 20.3 Å². The van der Waals surface area contributed by atoms with Crippen LogP contribution in [0.3, 0.4) is 0 Å². The summed E-state index contributed by atoms with van der Waals surface area (Å²) in [6, 6.07) is 0.647. The van der Waals surface area contributed by atoms with Crippen LogP contribution in [0.25, 0.3) is 0 Å². The lowest BCUT2D eigenvalue weighted by atomic mass is 9.90. The highest BCUT2D eigenvalue weighted by Crippen LogP contribution is 2.18. The maximum Gasteiger partial charge on any atom is 0.0506 e. The average Bonchev–Trinajstić information content (AvgIpc) is 1.88. The van der Waals surface area contributed by atoms with E-state index in [1.807, 2.05) is 7.05 Å². The van der Waals surface area contributed by atoms with Crippen molar-refractivity contribution in [3.63, 3.8) is 0 Å². The molecule has 1 heterocycles. The van der Waals surface area contributed by atoms with Crippen LogP contribution in [0.15, 0.2) is 0 Å². The Hall–Kier alpha value is -0.0800. The Morgan fingerprint density at radius 3 is 2.00 bits per heavy atom. The van der Waals surface area contributed by atoms with Crippen LogP contribution in [-0.2, 0) is 4.74 Å². The van der Waals surface area contributed by atoms with Gasteiger partial charge in [-0.15, -0.1) is 0 Å². The molecular formula is C8H17NO. The smallest absolute Gasteiger partial charge is 0.0506 e. The summed E-state index contributed by atoms with van der Waals surface area (Å²) in [6.45, 7) is 6.29. The second kappa shape index (κ2) is 3.35. The van der Waals surface area contributed by atoms with E-state index < -0.39 is 0 Å². The second-order valence-corrected chi connectivity index (χ2v) is 3.31. The molecule has 0 saturated carbocycles. The minimum atomic E-state index is 0.647. The first-order valence-electron chi connectivity index (χ1n) is 4.00. The molecule has 0 spiro atoms. The van der Waals surface area contributed by atoms with Gasteiger partial charge in [-0.3, -0.25) is 0 Å². The molecule has 0 aromatic heterocycles. The maximum absolute atomic E-state index is 5.39. The quantitative estimate of drug-likeness (QED) is 0.588. The van der Waals surface area contributed by atoms with E-state index >= 15 is 0 Å². The third-order valence-corrected chi connectivity index (χ3v) is 2.32. The van der Waals surface area contributed by atoms with Crippen LogP contribution < -0.4 is 5.32 Å². The predicted octanol–water partition coefficient (Wildman–Crippen LogP) is 0.877. The summed E-state index contributed by atoms with van der Waals surface area (Å²) in [5, 5.41) is 3.32. The third-order valence-electron chi connectivity index (χ3n) is 2.32. The van der Waals surface area contributed by atoms with Crippen molar-refractivity contribution in [1.82, 2.24) is 5.32 Å². The lowest BCUT2D eigenvalue weighted by Crippen LogP contribution is -2.45. The fourth-order valence-corrected chi connectivity index (χ4v) is 1.78. The molecule has 2 nitrogen and oxygen atoms in total. The average molecular weight is 143 g/mol. The van der Waals surface area contributed by atoms with E-state index in [0.29, 0.717) is 17.9 Å². The van der Waals surface area contributed by atoms with E-state index in [0.717, 1.165) is 13.2 Å². The molecule has 0 aliphatic carbocycles. The lowest BCUT2D eigenvalue weighted by Gasteiger charge is -2.34. The van der Waals surface area contributed by atoms with E-state index in [2.05, 4.69) is 19.2 Å². The molecule has 0 amide bonds. The molecule has 2 heteroatoms. The lowest BCUT2D eigenvalue weighted by molar-refractivity contribution is 0.00419. The zero-order valence-electron chi connectivity index (χ0n) is 7.05. The molecule has 1 saturated heterocycles. The van der Waals surface area contributed by atoms with Crippen molar-refractivity contribution in [3.05, 3.63) is 0 Å². The van der Waals surface area contributed by atoms with Gasteiger partial charge in [0.2, 0.25) is 0 Å². The second-order valence-electron chi connectivity index (χ2n) is 3.31. The molecule has 60 valence electrons. The summed E-state index contributed by atoms with van der Waals surface area (Å²) in [5.74, 6) is 1.32. The largest absolute Gasteiger partial charge is 0.381 e. The van der Waals surface area contributed by atoms with Crippen LogP contribution in [0.2, 0.25) is 0 Å². The Balaban J connectivity index is 2.45. The van der Waals surface area contributed by atoms with E-state index in [1.54, 1.807) is 0 Å². The zero-order valence-corrected chi connectivity index (χ0v) is 7.05. The van der Waals surface area contributed by atoms with Gasteiger partial charge in [-0.2, -0.15) is 0 Å². The van der Waals surface area contributed by atoms with Crippen LogP contribution in [0.5, 0.6) is 0 Å². The first-order valence-corrected chi connectivity index (χ1v) is 4.00. The molecule has 1 aliphatic heterocycles. The number of hydrogen-bond donors (Lipinski definition) is 1. The Morgan fingerprint density at radius 1 is 1.20 bits per heavy atom. The molecule has 0 aromatic carbocycles. The van der Waals surface area contributed by atoms with E-state index in [-0.39, 0.29) is 0 Å². The fraction of sp³-hybridized carbons (Fsp3) is 1.00. The van der Waals surface area contributed by atoms with Crippen LogP contribution in [0, 0.1) is 11.8 Å². The minimum absolute atomic E-state index is 0.647. The molecule has 2 atom stereocenters. The Labute approximate surface area is 63.0 Å². The molecule has 1 fully saturated rings. The molecule has 0 radical (unpaired) electrons. The fourth-order valence-electron chi connectivity index (χ4n) is 1.78. The number of ether oxygens (including phenoxy) is 1. The van der Waals surface area contributed by atoms with Gasteiger partial charge in [0.05, 0.1) is 13.2 Å². The molecular weight excluding hydrogens is 126 g/mol. The summed E-state index contributed by atoms with van der Waals surface area (Å²) in [4.78, 5) is 0. The Bertz CT molecular complexity index is 95.4.